The average Bonchev–Trinajstić information content (AvgIpc) is 1.56. The minimum absolute atomic E-state index is 0.0135. The second-order valence-electron chi connectivity index (χ2n) is 36.1. The average molecular weight is 1690 g/mol. The number of benzene rings is 2. The molecule has 644 valence electrons. The molecule has 32 heteroatoms. The van der Waals surface area contributed by atoms with Crippen molar-refractivity contribution in [3.8, 4) is 23.5 Å². The van der Waals surface area contributed by atoms with Gasteiger partial charge in [-0.2, -0.15) is 9.97 Å². The number of esters is 2. The van der Waals surface area contributed by atoms with Crippen LogP contribution in [0.5, 0.6) is 23.5 Å². The van der Waals surface area contributed by atoms with Crippen molar-refractivity contribution in [3.05, 3.63) is 84.0 Å². The molecule has 4 aromatic rings. The van der Waals surface area contributed by atoms with E-state index in [1.807, 2.05) is 101 Å². The molecular formula is C86H108F6N6O18S2. The summed E-state index contributed by atoms with van der Waals surface area (Å²) >= 11 is 0. The SMILES string of the molecule is C[C@@H]1CC/C=C\[C@@H]2C[C@@]2(C(=O)NS(=O)(=O)C2(CF)CC2)CC(=O)[C@@H]2C[C@@H](Oc3nc4c(c5ccccc35)CCCO4)CN2C(=O)[C@@H](CC(=O)OC(C)(C)C(F)F)[C@H](C)C1.C[C@H]1CC/C=C\[C@@H]2C[C@@]2(C(=O)NS(=O)(=O)C2(CF)CC2)CC(=O)[C@@H]2C[C@@H](Oc3nc4c(c5ccccc35)CCCO4)CN2C(=O)[C@@H](CC(=O)OC(C)(C)C(F)F)[C@H](C)C1. The van der Waals surface area contributed by atoms with Gasteiger partial charge in [0.15, 0.2) is 22.8 Å². The van der Waals surface area contributed by atoms with Crippen LogP contribution in [0.25, 0.3) is 21.5 Å². The van der Waals surface area contributed by atoms with E-state index in [2.05, 4.69) is 9.44 Å². The molecule has 6 fully saturated rings. The molecule has 14 rings (SSSR count). The number of alkyl halides is 6. The molecule has 6 aliphatic heterocycles. The van der Waals surface area contributed by atoms with Crippen molar-refractivity contribution in [3.63, 3.8) is 0 Å². The third-order valence-electron chi connectivity index (χ3n) is 26.3. The molecule has 118 heavy (non-hydrogen) atoms. The number of nitrogens with zero attached hydrogens (tertiary/aromatic N) is 4. The van der Waals surface area contributed by atoms with Crippen LogP contribution in [0.3, 0.4) is 0 Å². The normalized spacial score (nSPS) is 30.2. The largest absolute Gasteiger partial charge is 0.477 e. The number of aromatic nitrogens is 2. The van der Waals surface area contributed by atoms with E-state index in [0.29, 0.717) is 63.5 Å². The number of rotatable bonds is 20. The summed E-state index contributed by atoms with van der Waals surface area (Å²) in [6.45, 7) is 10.5. The van der Waals surface area contributed by atoms with Crippen LogP contribution in [0, 0.1) is 58.2 Å². The first-order valence-electron chi connectivity index (χ1n) is 41.5. The highest BCUT2D eigenvalue weighted by atomic mass is 32.2. The Balaban J connectivity index is 0.000000205. The van der Waals surface area contributed by atoms with Crippen LogP contribution in [0.4, 0.5) is 26.3 Å². The number of ketones is 2. The number of halogens is 6. The molecule has 0 spiro atoms. The number of sulfonamides is 2. The fraction of sp³-hybridized carbons (Fsp3) is 0.651. The van der Waals surface area contributed by atoms with Gasteiger partial charge >= 0.3 is 11.9 Å². The van der Waals surface area contributed by atoms with Crippen LogP contribution in [0.2, 0.25) is 0 Å². The second-order valence-corrected chi connectivity index (χ2v) is 40.3. The Kier molecular flexibility index (Phi) is 25.4. The zero-order valence-corrected chi connectivity index (χ0v) is 69.7. The molecule has 2 saturated heterocycles. The molecule has 0 radical (unpaired) electrons. The first-order valence-corrected chi connectivity index (χ1v) is 44.4. The zero-order valence-electron chi connectivity index (χ0n) is 68.0. The lowest BCUT2D eigenvalue weighted by Crippen LogP contribution is -2.48. The summed E-state index contributed by atoms with van der Waals surface area (Å²) in [7, 11) is -8.78. The minimum Gasteiger partial charge on any atom is -0.477 e. The molecule has 0 unspecified atom stereocenters. The van der Waals surface area contributed by atoms with E-state index in [1.165, 1.54) is 9.80 Å². The highest BCUT2D eigenvalue weighted by Crippen LogP contribution is 2.60. The molecule has 4 amide bonds. The van der Waals surface area contributed by atoms with Gasteiger partial charge in [0.05, 0.1) is 73.9 Å². The molecule has 4 saturated carbocycles. The molecule has 0 bridgehead atoms. The molecule has 2 aromatic heterocycles. The number of aryl methyl sites for hydroxylation is 2. The van der Waals surface area contributed by atoms with Crippen LogP contribution >= 0.6 is 0 Å². The lowest BCUT2D eigenvalue weighted by molar-refractivity contribution is -0.175. The Morgan fingerprint density at radius 1 is 0.559 bits per heavy atom. The van der Waals surface area contributed by atoms with Crippen molar-refractivity contribution in [2.75, 3.05) is 39.7 Å². The van der Waals surface area contributed by atoms with Gasteiger partial charge in [0.25, 0.3) is 12.9 Å². The number of allylic oxidation sites excluding steroid dienone is 4. The topological polar surface area (TPSA) is 317 Å². The van der Waals surface area contributed by atoms with Crippen LogP contribution in [-0.2, 0) is 80.7 Å². The summed E-state index contributed by atoms with van der Waals surface area (Å²) < 4.78 is 172. The molecule has 24 nitrogen and oxygen atoms in total. The van der Waals surface area contributed by atoms with Gasteiger partial charge in [-0.3, -0.25) is 47.8 Å². The molecule has 4 aliphatic carbocycles. The molecule has 8 heterocycles. The fourth-order valence-corrected chi connectivity index (χ4v) is 21.1. The number of hydrogen-bond acceptors (Lipinski definition) is 20. The maximum atomic E-state index is 14.9. The van der Waals surface area contributed by atoms with Gasteiger partial charge in [-0.1, -0.05) is 88.4 Å². The number of hydrogen-bond donors (Lipinski definition) is 2. The number of ether oxygens (including phenoxy) is 6. The highest BCUT2D eigenvalue weighted by molar-refractivity contribution is 7.92. The van der Waals surface area contributed by atoms with Crippen molar-refractivity contribution in [1.29, 1.82) is 0 Å². The van der Waals surface area contributed by atoms with E-state index >= 15 is 0 Å². The summed E-state index contributed by atoms with van der Waals surface area (Å²) in [5.74, 6) is -8.35. The van der Waals surface area contributed by atoms with Crippen LogP contribution in [-0.4, -0.2) is 181 Å². The van der Waals surface area contributed by atoms with E-state index < -0.39 is 210 Å². The van der Waals surface area contributed by atoms with Gasteiger partial charge in [-0.25, -0.2) is 43.2 Å². The van der Waals surface area contributed by atoms with Gasteiger partial charge in [-0.15, -0.1) is 0 Å². The maximum absolute atomic E-state index is 14.9. The molecule has 10 aliphatic rings. The molecule has 2 N–H and O–H groups in total. The number of carbonyl (C=O) groups excluding carboxylic acids is 8. The Morgan fingerprint density at radius 3 is 1.27 bits per heavy atom. The van der Waals surface area contributed by atoms with Crippen molar-refractivity contribution < 1.29 is 110 Å². The summed E-state index contributed by atoms with van der Waals surface area (Å²) in [6, 6.07) is 12.8. The number of nitrogens with one attached hydrogen (secondary N) is 2. The minimum atomic E-state index is -4.39. The lowest BCUT2D eigenvalue weighted by Gasteiger charge is -2.33. The zero-order chi connectivity index (χ0) is 85.0. The number of Topliss-reactive ketones (excluding diaryl/α,β-unsaturated/α-hetero) is 2. The van der Waals surface area contributed by atoms with E-state index in [4.69, 9.17) is 38.4 Å². The van der Waals surface area contributed by atoms with Crippen LogP contribution in [0.15, 0.2) is 72.8 Å². The van der Waals surface area contributed by atoms with E-state index in [1.54, 1.807) is 0 Å². The maximum Gasteiger partial charge on any atom is 0.307 e. The summed E-state index contributed by atoms with van der Waals surface area (Å²) in [4.78, 5) is 126. The van der Waals surface area contributed by atoms with Crippen molar-refractivity contribution in [1.82, 2.24) is 29.2 Å². The summed E-state index contributed by atoms with van der Waals surface area (Å²) in [6.07, 6.45) is 5.43. The Bertz CT molecular complexity index is 4550. The van der Waals surface area contributed by atoms with Gasteiger partial charge in [0.2, 0.25) is 67.2 Å². The molecule has 14 atom stereocenters. The third kappa shape index (κ3) is 18.1. The summed E-state index contributed by atoms with van der Waals surface area (Å²) in [5, 5.41) is 3.23. The Labute approximate surface area is 684 Å². The number of amides is 4. The second kappa shape index (κ2) is 34.2. The summed E-state index contributed by atoms with van der Waals surface area (Å²) in [5.41, 5.74) is -5.22. The van der Waals surface area contributed by atoms with Gasteiger partial charge in [0.1, 0.15) is 35.1 Å². The fourth-order valence-electron chi connectivity index (χ4n) is 18.2. The predicted molar refractivity (Wildman–Crippen MR) is 422 cm³/mol. The van der Waals surface area contributed by atoms with Gasteiger partial charge in [-0.05, 0) is 189 Å². The number of pyridine rings is 2. The number of carbonyl (C=O) groups is 8. The lowest BCUT2D eigenvalue weighted by atomic mass is 9.82. The first-order chi connectivity index (χ1) is 55.8. The van der Waals surface area contributed by atoms with Crippen LogP contribution in [0.1, 0.15) is 195 Å². The highest BCUT2D eigenvalue weighted by Gasteiger charge is 2.66. The van der Waals surface area contributed by atoms with Crippen molar-refractivity contribution in [2.45, 2.75) is 254 Å². The predicted octanol–water partition coefficient (Wildman–Crippen LogP) is 12.9. The van der Waals surface area contributed by atoms with Crippen LogP contribution < -0.4 is 28.4 Å². The number of fused-ring (bicyclic) bond motifs is 10. The van der Waals surface area contributed by atoms with E-state index in [9.17, 15) is 81.5 Å². The van der Waals surface area contributed by atoms with E-state index in [0.717, 1.165) is 86.1 Å². The van der Waals surface area contributed by atoms with Gasteiger partial charge in [0, 0.05) is 47.6 Å². The first kappa shape index (κ1) is 87.4. The van der Waals surface area contributed by atoms with Crippen molar-refractivity contribution in [2.24, 2.45) is 58.2 Å². The third-order valence-corrected chi connectivity index (χ3v) is 30.5. The smallest absolute Gasteiger partial charge is 0.307 e. The molecular weight excluding hydrogens is 1580 g/mol. The Morgan fingerprint density at radius 2 is 0.924 bits per heavy atom. The standard InChI is InChI=1S/2C43H54F3N3O9S/c2*1-25-10-5-6-11-27-21-43(27,40(53)48-59(54,55)42(24-44)15-16-42)22-34(50)33-19-28(57-37-31-13-8-7-12-29(31)30-14-9-17-56-36(30)47-37)23-49(33)38(52)32(26(2)18-25)20-35(51)58-41(3,4)39(45)46/h2*6-8,11-13,25-28,32-33,39H,5,9-10,14-24H2,1-4H3,(H,48,53)/b2*11-6-/t25-,26+,27+,28+,32-,33-,43+;25-,26-,27-,28-,32+,33+,43-/m01/s1. The van der Waals surface area contributed by atoms with E-state index in [-0.39, 0.29) is 88.1 Å². The van der Waals surface area contributed by atoms with Crippen molar-refractivity contribution >= 4 is 88.7 Å². The quantitative estimate of drug-likeness (QED) is 0.0472. The van der Waals surface area contributed by atoms with Gasteiger partial charge < -0.3 is 38.2 Å². The monoisotopic (exact) mass is 1690 g/mol. The molecule has 2 aromatic carbocycles. The Hall–Kier alpha value is -8.42.